The second-order valence-corrected chi connectivity index (χ2v) is 6.90. The minimum absolute atomic E-state index is 0.151. The van der Waals surface area contributed by atoms with Gasteiger partial charge in [0.1, 0.15) is 0 Å². The highest BCUT2D eigenvalue weighted by molar-refractivity contribution is 5.51. The molecule has 0 spiro atoms. The van der Waals surface area contributed by atoms with E-state index >= 15 is 0 Å². The van der Waals surface area contributed by atoms with Gasteiger partial charge in [0.2, 0.25) is 0 Å². The maximum absolute atomic E-state index is 14.2. The van der Waals surface area contributed by atoms with Crippen LogP contribution in [0, 0.1) is 34.6 Å². The van der Waals surface area contributed by atoms with Gasteiger partial charge in [0.15, 0.2) is 23.3 Å². The molecular formula is C17H22F4. The summed E-state index contributed by atoms with van der Waals surface area (Å²) in [6, 6.07) is 0. The minimum atomic E-state index is -1.38. The fourth-order valence-corrected chi connectivity index (χ4v) is 2.50. The van der Waals surface area contributed by atoms with Gasteiger partial charge in [-0.1, -0.05) is 47.3 Å². The summed E-state index contributed by atoms with van der Waals surface area (Å²) in [7, 11) is 0. The lowest BCUT2D eigenvalue weighted by Crippen LogP contribution is -2.20. The molecule has 0 fully saturated rings. The molecule has 0 aliphatic carbocycles. The van der Waals surface area contributed by atoms with E-state index in [4.69, 9.17) is 0 Å². The summed E-state index contributed by atoms with van der Waals surface area (Å²) in [5.74, 6) is -6.13. The minimum Gasteiger partial charge on any atom is -0.203 e. The molecule has 21 heavy (non-hydrogen) atoms. The molecule has 1 aromatic carbocycles. The monoisotopic (exact) mass is 302 g/mol. The zero-order chi connectivity index (χ0) is 16.5. The second kappa shape index (κ2) is 6.20. The Morgan fingerprint density at radius 2 is 1.38 bits per heavy atom. The Kier molecular flexibility index (Phi) is 5.24. The molecule has 4 heteroatoms. The first-order chi connectivity index (χ1) is 9.51. The van der Waals surface area contributed by atoms with Crippen LogP contribution in [-0.4, -0.2) is 0 Å². The first-order valence-electron chi connectivity index (χ1n) is 6.99. The summed E-state index contributed by atoms with van der Waals surface area (Å²) >= 11 is 0. The molecule has 0 heterocycles. The molecular weight excluding hydrogens is 280 g/mol. The Labute approximate surface area is 123 Å². The quantitative estimate of drug-likeness (QED) is 0.468. The molecule has 0 saturated carbocycles. The number of hydrogen-bond acceptors (Lipinski definition) is 0. The molecule has 0 nitrogen and oxygen atoms in total. The third-order valence-corrected chi connectivity index (χ3v) is 3.54. The van der Waals surface area contributed by atoms with Crippen LogP contribution in [0.2, 0.25) is 0 Å². The van der Waals surface area contributed by atoms with Crippen LogP contribution in [0.1, 0.15) is 58.1 Å². The largest absolute Gasteiger partial charge is 0.203 e. The lowest BCUT2D eigenvalue weighted by atomic mass is 9.75. The highest BCUT2D eigenvalue weighted by Gasteiger charge is 2.32. The van der Waals surface area contributed by atoms with Gasteiger partial charge in [0.25, 0.3) is 0 Å². The molecule has 0 aliphatic heterocycles. The van der Waals surface area contributed by atoms with Gasteiger partial charge in [-0.3, -0.25) is 0 Å². The number of benzene rings is 1. The zero-order valence-corrected chi connectivity index (χ0v) is 13.2. The van der Waals surface area contributed by atoms with E-state index in [0.717, 1.165) is 6.08 Å². The summed E-state index contributed by atoms with van der Waals surface area (Å²) in [5.41, 5.74) is -1.48. The highest BCUT2D eigenvalue weighted by atomic mass is 19.2. The van der Waals surface area contributed by atoms with Crippen LogP contribution in [0.15, 0.2) is 6.58 Å². The summed E-state index contributed by atoms with van der Waals surface area (Å²) in [6.45, 7) is 12.5. The average Bonchev–Trinajstić information content (AvgIpc) is 2.34. The van der Waals surface area contributed by atoms with E-state index in [-0.39, 0.29) is 11.3 Å². The summed E-state index contributed by atoms with van der Waals surface area (Å²) in [6.07, 6.45) is 1.21. The summed E-state index contributed by atoms with van der Waals surface area (Å²) in [4.78, 5) is 0. The summed E-state index contributed by atoms with van der Waals surface area (Å²) in [5, 5.41) is 0. The lowest BCUT2D eigenvalue weighted by molar-refractivity contribution is 0.285. The first-order valence-corrected chi connectivity index (χ1v) is 6.99. The van der Waals surface area contributed by atoms with Gasteiger partial charge in [0, 0.05) is 5.56 Å². The molecule has 1 unspecified atom stereocenters. The van der Waals surface area contributed by atoms with E-state index in [1.165, 1.54) is 0 Å². The number of hydrogen-bond donors (Lipinski definition) is 0. The fraction of sp³-hybridized carbons (Fsp3) is 0.529. The van der Waals surface area contributed by atoms with Crippen LogP contribution in [0.3, 0.4) is 0 Å². The fourth-order valence-electron chi connectivity index (χ4n) is 2.50. The van der Waals surface area contributed by atoms with Crippen molar-refractivity contribution in [3.63, 3.8) is 0 Å². The number of rotatable bonds is 4. The van der Waals surface area contributed by atoms with Crippen LogP contribution in [0.4, 0.5) is 17.6 Å². The molecule has 1 rings (SSSR count). The van der Waals surface area contributed by atoms with Crippen molar-refractivity contribution in [3.8, 4) is 0 Å². The van der Waals surface area contributed by atoms with Crippen molar-refractivity contribution in [2.24, 2.45) is 11.3 Å². The van der Waals surface area contributed by atoms with Crippen molar-refractivity contribution < 1.29 is 17.6 Å². The standard InChI is InChI=1S/C17H22F4/c1-7-10-13(18)15(20)12(16(21)14(10)19)11(9(2)3)8-17(4,5)6/h7,9,11H,1,8H2,2-6H3. The maximum Gasteiger partial charge on any atom is 0.169 e. The SMILES string of the molecule is C=Cc1c(F)c(F)c(C(CC(C)(C)C)C(C)C)c(F)c1F. The third-order valence-electron chi connectivity index (χ3n) is 3.54. The van der Waals surface area contributed by atoms with Crippen LogP contribution in [-0.2, 0) is 0 Å². The van der Waals surface area contributed by atoms with Crippen molar-refractivity contribution in [2.75, 3.05) is 0 Å². The van der Waals surface area contributed by atoms with Crippen molar-refractivity contribution in [1.82, 2.24) is 0 Å². The van der Waals surface area contributed by atoms with Crippen molar-refractivity contribution in [3.05, 3.63) is 41.0 Å². The van der Waals surface area contributed by atoms with E-state index in [1.807, 2.05) is 20.8 Å². The van der Waals surface area contributed by atoms with E-state index in [2.05, 4.69) is 6.58 Å². The predicted molar refractivity (Wildman–Crippen MR) is 78.0 cm³/mol. The van der Waals surface area contributed by atoms with E-state index < -0.39 is 40.3 Å². The van der Waals surface area contributed by atoms with Gasteiger partial charge in [0.05, 0.1) is 5.56 Å². The maximum atomic E-state index is 14.2. The van der Waals surface area contributed by atoms with Crippen LogP contribution < -0.4 is 0 Å². The molecule has 0 amide bonds. The Bertz CT molecular complexity index is 510. The zero-order valence-electron chi connectivity index (χ0n) is 13.2. The molecule has 0 aromatic heterocycles. The van der Waals surface area contributed by atoms with Gasteiger partial charge < -0.3 is 0 Å². The predicted octanol–water partition coefficient (Wildman–Crippen LogP) is 6.06. The molecule has 0 N–H and O–H groups in total. The van der Waals surface area contributed by atoms with Crippen LogP contribution in [0.25, 0.3) is 6.08 Å². The normalized spacial score (nSPS) is 13.6. The first kappa shape index (κ1) is 17.7. The highest BCUT2D eigenvalue weighted by Crippen LogP contribution is 2.40. The van der Waals surface area contributed by atoms with Gasteiger partial charge in [-0.25, -0.2) is 17.6 Å². The van der Waals surface area contributed by atoms with E-state index in [0.29, 0.717) is 6.42 Å². The van der Waals surface area contributed by atoms with E-state index in [9.17, 15) is 17.6 Å². The summed E-state index contributed by atoms with van der Waals surface area (Å²) < 4.78 is 56.3. The Morgan fingerprint density at radius 1 is 0.952 bits per heavy atom. The molecule has 0 aliphatic rings. The second-order valence-electron chi connectivity index (χ2n) is 6.90. The van der Waals surface area contributed by atoms with Crippen molar-refractivity contribution in [2.45, 2.75) is 47.0 Å². The van der Waals surface area contributed by atoms with Crippen molar-refractivity contribution >= 4 is 6.08 Å². The average molecular weight is 302 g/mol. The third kappa shape index (κ3) is 3.66. The molecule has 0 radical (unpaired) electrons. The molecule has 1 atom stereocenters. The van der Waals surface area contributed by atoms with Gasteiger partial charge in [-0.05, 0) is 23.7 Å². The Hall–Kier alpha value is -1.32. The topological polar surface area (TPSA) is 0 Å². The van der Waals surface area contributed by atoms with E-state index in [1.54, 1.807) is 13.8 Å². The number of halogens is 4. The van der Waals surface area contributed by atoms with Gasteiger partial charge in [-0.2, -0.15) is 0 Å². The lowest BCUT2D eigenvalue weighted by Gasteiger charge is -2.30. The molecule has 1 aromatic rings. The van der Waals surface area contributed by atoms with Gasteiger partial charge >= 0.3 is 0 Å². The van der Waals surface area contributed by atoms with Crippen LogP contribution in [0.5, 0.6) is 0 Å². The van der Waals surface area contributed by atoms with Gasteiger partial charge in [-0.15, -0.1) is 0 Å². The Morgan fingerprint density at radius 3 is 1.67 bits per heavy atom. The van der Waals surface area contributed by atoms with Crippen LogP contribution >= 0.6 is 0 Å². The molecule has 0 saturated heterocycles. The van der Waals surface area contributed by atoms with Crippen molar-refractivity contribution in [1.29, 1.82) is 0 Å². The molecule has 0 bridgehead atoms. The smallest absolute Gasteiger partial charge is 0.169 e. The Balaban J connectivity index is 3.56. The molecule has 118 valence electrons.